The SMILES string of the molecule is CC(N)c1cccc(S(=O)(=O)N(C)Cc2cccnc2)c1. The Morgan fingerprint density at radius 1 is 1.29 bits per heavy atom. The van der Waals surface area contributed by atoms with Gasteiger partial charge in [0.2, 0.25) is 10.0 Å². The lowest BCUT2D eigenvalue weighted by atomic mass is 10.1. The van der Waals surface area contributed by atoms with Crippen LogP contribution >= 0.6 is 0 Å². The number of hydrogen-bond acceptors (Lipinski definition) is 4. The quantitative estimate of drug-likeness (QED) is 0.915. The maximum atomic E-state index is 12.6. The Bertz CT molecular complexity index is 700. The van der Waals surface area contributed by atoms with Gasteiger partial charge < -0.3 is 5.73 Å². The molecule has 0 spiro atoms. The van der Waals surface area contributed by atoms with Gasteiger partial charge >= 0.3 is 0 Å². The summed E-state index contributed by atoms with van der Waals surface area (Å²) in [6, 6.07) is 10.2. The highest BCUT2D eigenvalue weighted by Gasteiger charge is 2.21. The summed E-state index contributed by atoms with van der Waals surface area (Å²) in [5.41, 5.74) is 7.45. The highest BCUT2D eigenvalue weighted by atomic mass is 32.2. The van der Waals surface area contributed by atoms with Crippen LogP contribution in [0, 0.1) is 0 Å². The van der Waals surface area contributed by atoms with E-state index in [0.717, 1.165) is 11.1 Å². The highest BCUT2D eigenvalue weighted by Crippen LogP contribution is 2.20. The molecular weight excluding hydrogens is 286 g/mol. The first-order valence-electron chi connectivity index (χ1n) is 6.62. The smallest absolute Gasteiger partial charge is 0.243 e. The summed E-state index contributed by atoms with van der Waals surface area (Å²) in [6.45, 7) is 2.10. The van der Waals surface area contributed by atoms with E-state index in [9.17, 15) is 8.42 Å². The van der Waals surface area contributed by atoms with Gasteiger partial charge in [-0.25, -0.2) is 8.42 Å². The number of hydrogen-bond donors (Lipinski definition) is 1. The van der Waals surface area contributed by atoms with E-state index in [1.165, 1.54) is 4.31 Å². The zero-order valence-corrected chi connectivity index (χ0v) is 12.9. The van der Waals surface area contributed by atoms with Crippen LogP contribution in [0.1, 0.15) is 24.1 Å². The maximum absolute atomic E-state index is 12.6. The normalized spacial score (nSPS) is 13.3. The largest absolute Gasteiger partial charge is 0.324 e. The van der Waals surface area contributed by atoms with Gasteiger partial charge in [0.1, 0.15) is 0 Å². The molecule has 0 radical (unpaired) electrons. The van der Waals surface area contributed by atoms with Gasteiger partial charge in [-0.05, 0) is 36.2 Å². The van der Waals surface area contributed by atoms with E-state index in [1.807, 2.05) is 19.1 Å². The minimum atomic E-state index is -3.54. The molecule has 0 saturated heterocycles. The number of rotatable bonds is 5. The second-order valence-electron chi connectivity index (χ2n) is 4.98. The Hall–Kier alpha value is -1.76. The van der Waals surface area contributed by atoms with Gasteiger partial charge in [-0.3, -0.25) is 4.98 Å². The van der Waals surface area contributed by atoms with E-state index in [1.54, 1.807) is 43.7 Å². The van der Waals surface area contributed by atoms with Crippen molar-refractivity contribution in [3.05, 3.63) is 59.9 Å². The molecule has 0 saturated carbocycles. The summed E-state index contributed by atoms with van der Waals surface area (Å²) in [5, 5.41) is 0. The zero-order chi connectivity index (χ0) is 15.5. The molecule has 1 heterocycles. The number of aromatic nitrogens is 1. The Morgan fingerprint density at radius 3 is 2.67 bits per heavy atom. The van der Waals surface area contributed by atoms with Crippen LogP contribution in [0.4, 0.5) is 0 Å². The summed E-state index contributed by atoms with van der Waals surface area (Å²) in [6.07, 6.45) is 3.31. The number of sulfonamides is 1. The van der Waals surface area contributed by atoms with Crippen molar-refractivity contribution in [3.63, 3.8) is 0 Å². The summed E-state index contributed by atoms with van der Waals surface area (Å²) < 4.78 is 26.5. The van der Waals surface area contributed by atoms with Gasteiger partial charge in [-0.2, -0.15) is 4.31 Å². The van der Waals surface area contributed by atoms with E-state index in [2.05, 4.69) is 4.98 Å². The van der Waals surface area contributed by atoms with Crippen molar-refractivity contribution >= 4 is 10.0 Å². The van der Waals surface area contributed by atoms with Crippen LogP contribution in [0.2, 0.25) is 0 Å². The summed E-state index contributed by atoms with van der Waals surface area (Å²) in [5.74, 6) is 0. The lowest BCUT2D eigenvalue weighted by Crippen LogP contribution is -2.26. The molecule has 21 heavy (non-hydrogen) atoms. The predicted octanol–water partition coefficient (Wildman–Crippen LogP) is 1.92. The first-order valence-corrected chi connectivity index (χ1v) is 8.06. The number of benzene rings is 1. The Morgan fingerprint density at radius 2 is 2.05 bits per heavy atom. The van der Waals surface area contributed by atoms with Gasteiger partial charge in [0.25, 0.3) is 0 Å². The van der Waals surface area contributed by atoms with Crippen molar-refractivity contribution in [1.82, 2.24) is 9.29 Å². The topological polar surface area (TPSA) is 76.3 Å². The molecule has 5 nitrogen and oxygen atoms in total. The van der Waals surface area contributed by atoms with Crippen molar-refractivity contribution in [2.75, 3.05) is 7.05 Å². The fourth-order valence-corrected chi connectivity index (χ4v) is 3.19. The molecule has 112 valence electrons. The molecule has 6 heteroatoms. The molecule has 2 N–H and O–H groups in total. The highest BCUT2D eigenvalue weighted by molar-refractivity contribution is 7.89. The van der Waals surface area contributed by atoms with Crippen LogP contribution in [0.25, 0.3) is 0 Å². The fourth-order valence-electron chi connectivity index (χ4n) is 1.97. The van der Waals surface area contributed by atoms with Crippen molar-refractivity contribution in [2.45, 2.75) is 24.4 Å². The fraction of sp³-hybridized carbons (Fsp3) is 0.267. The molecule has 0 aliphatic rings. The molecule has 0 fully saturated rings. The first-order chi connectivity index (χ1) is 9.91. The third-order valence-corrected chi connectivity index (χ3v) is 5.02. The molecule has 1 unspecified atom stereocenters. The number of nitrogens with zero attached hydrogens (tertiary/aromatic N) is 2. The Balaban J connectivity index is 2.27. The minimum absolute atomic E-state index is 0.205. The first kappa shape index (κ1) is 15.6. The van der Waals surface area contributed by atoms with Crippen LogP contribution in [-0.2, 0) is 16.6 Å². The second-order valence-corrected chi connectivity index (χ2v) is 7.03. The Kier molecular flexibility index (Phi) is 4.72. The standard InChI is InChI=1S/C15H19N3O2S/c1-12(16)14-6-3-7-15(9-14)21(19,20)18(2)11-13-5-4-8-17-10-13/h3-10,12H,11,16H2,1-2H3. The summed E-state index contributed by atoms with van der Waals surface area (Å²) in [7, 11) is -1.99. The van der Waals surface area contributed by atoms with Gasteiger partial charge in [-0.15, -0.1) is 0 Å². The van der Waals surface area contributed by atoms with Gasteiger partial charge in [0.05, 0.1) is 4.90 Å². The summed E-state index contributed by atoms with van der Waals surface area (Å²) in [4.78, 5) is 4.25. The second kappa shape index (κ2) is 6.34. The van der Waals surface area contributed by atoms with Crippen LogP contribution in [0.5, 0.6) is 0 Å². The van der Waals surface area contributed by atoms with E-state index in [0.29, 0.717) is 0 Å². The monoisotopic (exact) mass is 305 g/mol. The molecule has 0 bridgehead atoms. The van der Waals surface area contributed by atoms with Crippen molar-refractivity contribution in [1.29, 1.82) is 0 Å². The van der Waals surface area contributed by atoms with E-state index in [-0.39, 0.29) is 17.5 Å². The molecule has 1 aromatic heterocycles. The Labute approximate surface area is 125 Å². The van der Waals surface area contributed by atoms with Crippen LogP contribution < -0.4 is 5.73 Å². The molecule has 0 aliphatic carbocycles. The average Bonchev–Trinajstić information content (AvgIpc) is 2.48. The van der Waals surface area contributed by atoms with Crippen LogP contribution in [0.15, 0.2) is 53.7 Å². The van der Waals surface area contributed by atoms with Gasteiger partial charge in [0, 0.05) is 32.0 Å². The maximum Gasteiger partial charge on any atom is 0.243 e. The van der Waals surface area contributed by atoms with Crippen LogP contribution in [0.3, 0.4) is 0 Å². The molecule has 1 atom stereocenters. The van der Waals surface area contributed by atoms with E-state index < -0.39 is 10.0 Å². The third kappa shape index (κ3) is 3.66. The van der Waals surface area contributed by atoms with E-state index in [4.69, 9.17) is 5.73 Å². The minimum Gasteiger partial charge on any atom is -0.324 e. The molecule has 0 aliphatic heterocycles. The molecule has 0 amide bonds. The van der Waals surface area contributed by atoms with Crippen molar-refractivity contribution < 1.29 is 8.42 Å². The third-order valence-electron chi connectivity index (χ3n) is 3.22. The lowest BCUT2D eigenvalue weighted by Gasteiger charge is -2.18. The summed E-state index contributed by atoms with van der Waals surface area (Å²) >= 11 is 0. The van der Waals surface area contributed by atoms with E-state index >= 15 is 0 Å². The number of nitrogens with two attached hydrogens (primary N) is 1. The molecule has 2 aromatic rings. The number of pyridine rings is 1. The zero-order valence-electron chi connectivity index (χ0n) is 12.1. The molecule has 1 aromatic carbocycles. The van der Waals surface area contributed by atoms with Crippen LogP contribution in [-0.4, -0.2) is 24.8 Å². The average molecular weight is 305 g/mol. The van der Waals surface area contributed by atoms with Gasteiger partial charge in [-0.1, -0.05) is 18.2 Å². The van der Waals surface area contributed by atoms with Crippen molar-refractivity contribution in [2.24, 2.45) is 5.73 Å². The molecular formula is C15H19N3O2S. The molecule has 2 rings (SSSR count). The lowest BCUT2D eigenvalue weighted by molar-refractivity contribution is 0.466. The van der Waals surface area contributed by atoms with Gasteiger partial charge in [0.15, 0.2) is 0 Å². The van der Waals surface area contributed by atoms with Crippen molar-refractivity contribution in [3.8, 4) is 0 Å². The predicted molar refractivity (Wildman–Crippen MR) is 81.9 cm³/mol.